The van der Waals surface area contributed by atoms with Crippen LogP contribution in [0, 0.1) is 19.7 Å². The van der Waals surface area contributed by atoms with Crippen molar-refractivity contribution in [2.24, 2.45) is 0 Å². The molecule has 1 atom stereocenters. The van der Waals surface area contributed by atoms with E-state index in [0.29, 0.717) is 43.6 Å². The fraction of sp³-hybridized carbons (Fsp3) is 0.222. The van der Waals surface area contributed by atoms with Crippen molar-refractivity contribution in [3.05, 3.63) is 59.8 Å². The summed E-state index contributed by atoms with van der Waals surface area (Å²) in [5.74, 6) is 0.265. The molecule has 0 saturated heterocycles. The Labute approximate surface area is 226 Å². The normalized spacial score (nSPS) is 14.4. The Bertz CT molecular complexity index is 1740. The van der Waals surface area contributed by atoms with Gasteiger partial charge in [-0.1, -0.05) is 0 Å². The maximum atomic E-state index is 15.2. The monoisotopic (exact) mass is 547 g/mol. The minimum Gasteiger partial charge on any atom is -0.480 e. The molecule has 0 spiro atoms. The summed E-state index contributed by atoms with van der Waals surface area (Å²) in [4.78, 5) is 31.7. The number of aryl methyl sites for hydroxylation is 2. The lowest BCUT2D eigenvalue weighted by Gasteiger charge is -2.27. The van der Waals surface area contributed by atoms with Crippen LogP contribution < -0.4 is 19.1 Å². The zero-order valence-corrected chi connectivity index (χ0v) is 22.2. The molecule has 0 saturated carbocycles. The van der Waals surface area contributed by atoms with Crippen LogP contribution >= 0.6 is 11.3 Å². The average molecular weight is 548 g/mol. The predicted molar refractivity (Wildman–Crippen MR) is 143 cm³/mol. The molecule has 0 N–H and O–H groups in total. The van der Waals surface area contributed by atoms with E-state index in [9.17, 15) is 4.79 Å². The Morgan fingerprint density at radius 2 is 1.97 bits per heavy atom. The summed E-state index contributed by atoms with van der Waals surface area (Å²) in [7, 11) is 3.09. The molecule has 5 aromatic rings. The lowest BCUT2D eigenvalue weighted by atomic mass is 10.1. The van der Waals surface area contributed by atoms with Gasteiger partial charge in [0.2, 0.25) is 5.88 Å². The number of nitrogens with zero attached hydrogens (tertiary/aromatic N) is 5. The molecule has 39 heavy (non-hydrogen) atoms. The molecule has 2 aromatic carbocycles. The number of pyridine rings is 1. The van der Waals surface area contributed by atoms with Gasteiger partial charge in [-0.25, -0.2) is 24.1 Å². The third-order valence-electron chi connectivity index (χ3n) is 6.16. The van der Waals surface area contributed by atoms with Crippen molar-refractivity contribution in [2.45, 2.75) is 20.1 Å². The predicted octanol–water partition coefficient (Wildman–Crippen LogP) is 5.44. The first-order chi connectivity index (χ1) is 18.8. The van der Waals surface area contributed by atoms with E-state index in [-0.39, 0.29) is 17.9 Å². The average Bonchev–Trinajstić information content (AvgIpc) is 3.38. The largest absolute Gasteiger partial charge is 0.480 e. The van der Waals surface area contributed by atoms with E-state index in [1.807, 2.05) is 26.0 Å². The van der Waals surface area contributed by atoms with Gasteiger partial charge in [0.1, 0.15) is 15.2 Å². The van der Waals surface area contributed by atoms with Crippen molar-refractivity contribution in [2.75, 3.05) is 25.7 Å². The Balaban J connectivity index is 1.30. The van der Waals surface area contributed by atoms with Gasteiger partial charge in [0.25, 0.3) is 6.29 Å². The zero-order valence-electron chi connectivity index (χ0n) is 21.4. The Morgan fingerprint density at radius 3 is 2.74 bits per heavy atom. The van der Waals surface area contributed by atoms with E-state index in [0.717, 1.165) is 11.3 Å². The number of carbonyl (C=O) groups is 1. The molecule has 0 fully saturated rings. The van der Waals surface area contributed by atoms with Crippen LogP contribution in [0.25, 0.3) is 31.8 Å². The molecule has 1 aliphatic rings. The summed E-state index contributed by atoms with van der Waals surface area (Å²) in [6, 6.07) is 8.56. The summed E-state index contributed by atoms with van der Waals surface area (Å²) in [5.41, 5.74) is 4.44. The number of hydrogen-bond acceptors (Lipinski definition) is 10. The number of carbonyl (C=O) groups excluding carboxylic acids is 1. The topological polar surface area (TPSA) is 109 Å². The Hall–Kier alpha value is -4.58. The summed E-state index contributed by atoms with van der Waals surface area (Å²) >= 11 is 1.25. The lowest BCUT2D eigenvalue weighted by Crippen LogP contribution is -2.38. The summed E-state index contributed by atoms with van der Waals surface area (Å²) in [6.45, 7) is 3.71. The van der Waals surface area contributed by atoms with E-state index >= 15 is 4.39 Å². The van der Waals surface area contributed by atoms with Crippen LogP contribution in [0.5, 0.6) is 17.4 Å². The number of ether oxygens (including phenoxy) is 4. The second-order valence-corrected chi connectivity index (χ2v) is 9.93. The van der Waals surface area contributed by atoms with Crippen molar-refractivity contribution in [1.82, 2.24) is 19.9 Å². The quantitative estimate of drug-likeness (QED) is 0.291. The van der Waals surface area contributed by atoms with Crippen LogP contribution in [-0.2, 0) is 4.74 Å². The maximum Gasteiger partial charge on any atom is 0.417 e. The molecule has 0 unspecified atom stereocenters. The number of aromatic nitrogens is 4. The minimum absolute atomic E-state index is 0.0780. The Kier molecular flexibility index (Phi) is 6.10. The second kappa shape index (κ2) is 9.62. The van der Waals surface area contributed by atoms with Crippen LogP contribution in [0.2, 0.25) is 0 Å². The number of anilines is 1. The van der Waals surface area contributed by atoms with Gasteiger partial charge in [-0.2, -0.15) is 0 Å². The van der Waals surface area contributed by atoms with Gasteiger partial charge < -0.3 is 18.9 Å². The van der Waals surface area contributed by atoms with Crippen LogP contribution in [0.4, 0.5) is 14.9 Å². The number of thiazole rings is 1. The van der Waals surface area contributed by atoms with E-state index in [2.05, 4.69) is 19.9 Å². The molecule has 0 aliphatic carbocycles. The highest BCUT2D eigenvalue weighted by Crippen LogP contribution is 2.45. The molecule has 3 aromatic heterocycles. The van der Waals surface area contributed by atoms with Crippen LogP contribution in [0.15, 0.2) is 42.7 Å². The number of rotatable bonds is 4. The number of fused-ring (bicyclic) bond motifs is 4. The Morgan fingerprint density at radius 1 is 1.13 bits per heavy atom. The highest BCUT2D eigenvalue weighted by molar-refractivity contribution is 7.22. The molecular weight excluding hydrogens is 525 g/mol. The molecule has 0 radical (unpaired) electrons. The van der Waals surface area contributed by atoms with Gasteiger partial charge in [0.05, 0.1) is 36.2 Å². The van der Waals surface area contributed by atoms with Crippen LogP contribution in [0.3, 0.4) is 0 Å². The molecule has 4 heterocycles. The fourth-order valence-electron chi connectivity index (χ4n) is 4.19. The highest BCUT2D eigenvalue weighted by atomic mass is 32.1. The summed E-state index contributed by atoms with van der Waals surface area (Å²) in [6.07, 6.45) is 1.36. The van der Waals surface area contributed by atoms with Gasteiger partial charge >= 0.3 is 6.09 Å². The zero-order chi connectivity index (χ0) is 27.3. The van der Waals surface area contributed by atoms with Crippen molar-refractivity contribution in [3.63, 3.8) is 0 Å². The molecule has 0 bridgehead atoms. The molecular formula is C27H22FN5O5S. The second-order valence-electron chi connectivity index (χ2n) is 8.93. The smallest absolute Gasteiger partial charge is 0.417 e. The molecule has 198 valence electrons. The van der Waals surface area contributed by atoms with E-state index in [1.54, 1.807) is 25.4 Å². The number of methoxy groups -OCH3 is 1. The van der Waals surface area contributed by atoms with Crippen LogP contribution in [0.1, 0.15) is 11.3 Å². The molecule has 12 heteroatoms. The van der Waals surface area contributed by atoms with Gasteiger partial charge in [0, 0.05) is 24.4 Å². The lowest BCUT2D eigenvalue weighted by molar-refractivity contribution is -0.0719. The minimum atomic E-state index is -1.07. The molecule has 6 rings (SSSR count). The number of amides is 1. The van der Waals surface area contributed by atoms with Gasteiger partial charge in [0.15, 0.2) is 23.9 Å². The van der Waals surface area contributed by atoms with Crippen molar-refractivity contribution in [3.8, 4) is 28.0 Å². The third-order valence-corrected chi connectivity index (χ3v) is 7.25. The fourth-order valence-corrected chi connectivity index (χ4v) is 5.27. The molecule has 1 aliphatic heterocycles. The SMILES string of the molecule is COc1cnc2c(-c3nc4c(F)cc5c(c4s3)OC[C@@H](OC(=O)N(C)c3ccc(C)nc3)O5)cc(C)cc2n1. The number of halogens is 1. The third kappa shape index (κ3) is 4.52. The van der Waals surface area contributed by atoms with Gasteiger partial charge in [-0.3, -0.25) is 9.88 Å². The summed E-state index contributed by atoms with van der Waals surface area (Å²) < 4.78 is 38.1. The van der Waals surface area contributed by atoms with E-state index in [4.69, 9.17) is 18.9 Å². The van der Waals surface area contributed by atoms with E-state index in [1.165, 1.54) is 35.6 Å². The summed E-state index contributed by atoms with van der Waals surface area (Å²) in [5, 5.41) is 0.552. The number of benzene rings is 2. The standard InChI is InChI=1S/C27H22FN5O5S/c1-13-7-16(22-18(8-13)31-20(35-4)11-30-22)26-32-23-17(28)9-19-24(25(23)39-26)36-12-21(37-19)38-27(34)33(3)15-6-5-14(2)29-10-15/h5-11,21H,12H2,1-4H3/t21-/m1/s1. The first-order valence-corrected chi connectivity index (χ1v) is 12.7. The first kappa shape index (κ1) is 24.7. The van der Waals surface area contributed by atoms with Crippen molar-refractivity contribution < 1.29 is 28.1 Å². The highest BCUT2D eigenvalue weighted by Gasteiger charge is 2.30. The van der Waals surface area contributed by atoms with Crippen molar-refractivity contribution in [1.29, 1.82) is 0 Å². The number of hydrogen-bond donors (Lipinski definition) is 0. The molecule has 10 nitrogen and oxygen atoms in total. The van der Waals surface area contributed by atoms with Crippen molar-refractivity contribution >= 4 is 44.4 Å². The first-order valence-electron chi connectivity index (χ1n) is 11.9. The van der Waals surface area contributed by atoms with Gasteiger partial charge in [-0.05, 0) is 43.7 Å². The van der Waals surface area contributed by atoms with E-state index < -0.39 is 18.2 Å². The van der Waals surface area contributed by atoms with Crippen LogP contribution in [-0.4, -0.2) is 53.1 Å². The maximum absolute atomic E-state index is 15.2. The van der Waals surface area contributed by atoms with Gasteiger partial charge in [-0.15, -0.1) is 11.3 Å². The molecule has 1 amide bonds.